The minimum atomic E-state index is -4.46. The van der Waals surface area contributed by atoms with Crippen LogP contribution in [0.15, 0.2) is 36.8 Å². The number of alkyl halides is 3. The molecule has 0 fully saturated rings. The second-order valence-electron chi connectivity index (χ2n) is 3.83. The van der Waals surface area contributed by atoms with Crippen LogP contribution in [0.3, 0.4) is 0 Å². The maximum absolute atomic E-state index is 12.5. The summed E-state index contributed by atoms with van der Waals surface area (Å²) >= 11 is 0. The normalized spacial score (nSPS) is 11.6. The van der Waals surface area contributed by atoms with Crippen molar-refractivity contribution < 1.29 is 18.0 Å². The van der Waals surface area contributed by atoms with Gasteiger partial charge in [-0.15, -0.1) is 0 Å². The summed E-state index contributed by atoms with van der Waals surface area (Å²) in [4.78, 5) is 15.7. The average molecular weight is 254 g/mol. The van der Waals surface area contributed by atoms with E-state index in [0.717, 1.165) is 12.1 Å². The first-order chi connectivity index (χ1) is 8.38. The Morgan fingerprint density at radius 2 is 2.06 bits per heavy atom. The van der Waals surface area contributed by atoms with Gasteiger partial charge in [-0.3, -0.25) is 4.79 Å². The highest BCUT2D eigenvalue weighted by Gasteiger charge is 2.31. The summed E-state index contributed by atoms with van der Waals surface area (Å²) < 4.78 is 39.1. The molecule has 0 aliphatic rings. The van der Waals surface area contributed by atoms with E-state index < -0.39 is 17.5 Å². The number of aromatic nitrogens is 2. The van der Waals surface area contributed by atoms with Gasteiger partial charge in [-0.1, -0.05) is 12.1 Å². The zero-order chi connectivity index (χ0) is 13.3. The number of ketones is 1. The second-order valence-corrected chi connectivity index (χ2v) is 3.83. The highest BCUT2D eigenvalue weighted by molar-refractivity contribution is 6.07. The molecule has 0 saturated heterocycles. The van der Waals surface area contributed by atoms with Crippen molar-refractivity contribution in [2.24, 2.45) is 7.05 Å². The van der Waals surface area contributed by atoms with E-state index in [4.69, 9.17) is 0 Å². The number of halogens is 3. The van der Waals surface area contributed by atoms with Crippen molar-refractivity contribution in [2.75, 3.05) is 0 Å². The summed E-state index contributed by atoms with van der Waals surface area (Å²) in [5.41, 5.74) is -0.746. The molecule has 0 bridgehead atoms. The van der Waals surface area contributed by atoms with E-state index in [1.807, 2.05) is 0 Å². The van der Waals surface area contributed by atoms with Crippen molar-refractivity contribution in [2.45, 2.75) is 6.18 Å². The van der Waals surface area contributed by atoms with Crippen LogP contribution in [0, 0.1) is 0 Å². The highest BCUT2D eigenvalue weighted by Crippen LogP contribution is 2.29. The van der Waals surface area contributed by atoms with Gasteiger partial charge >= 0.3 is 6.18 Å². The quantitative estimate of drug-likeness (QED) is 0.772. The number of nitrogens with zero attached hydrogens (tertiary/aromatic N) is 2. The maximum atomic E-state index is 12.5. The molecule has 0 amide bonds. The lowest BCUT2D eigenvalue weighted by Gasteiger charge is -2.07. The second kappa shape index (κ2) is 4.29. The van der Waals surface area contributed by atoms with Crippen LogP contribution >= 0.6 is 0 Å². The first kappa shape index (κ1) is 12.3. The molecule has 94 valence electrons. The van der Waals surface area contributed by atoms with Crippen molar-refractivity contribution in [3.05, 3.63) is 53.6 Å². The minimum absolute atomic E-state index is 0.0245. The molecule has 0 aliphatic carbocycles. The third-order valence-electron chi connectivity index (χ3n) is 2.39. The number of imidazole rings is 1. The predicted octanol–water partition coefficient (Wildman–Crippen LogP) is 2.67. The summed E-state index contributed by atoms with van der Waals surface area (Å²) in [6.45, 7) is 0. The van der Waals surface area contributed by atoms with Crippen molar-refractivity contribution in [1.82, 2.24) is 9.55 Å². The van der Waals surface area contributed by atoms with Gasteiger partial charge in [0.05, 0.1) is 11.9 Å². The molecule has 0 atom stereocenters. The van der Waals surface area contributed by atoms with Gasteiger partial charge in [-0.2, -0.15) is 13.2 Å². The molecule has 18 heavy (non-hydrogen) atoms. The van der Waals surface area contributed by atoms with E-state index in [9.17, 15) is 18.0 Å². The van der Waals surface area contributed by atoms with Gasteiger partial charge in [0, 0.05) is 18.8 Å². The lowest BCUT2D eigenvalue weighted by Crippen LogP contribution is -2.08. The molecular formula is C12H9F3N2O. The minimum Gasteiger partial charge on any atom is -0.340 e. The van der Waals surface area contributed by atoms with Gasteiger partial charge in [-0.25, -0.2) is 4.98 Å². The number of benzene rings is 1. The van der Waals surface area contributed by atoms with E-state index in [2.05, 4.69) is 4.98 Å². The molecule has 0 spiro atoms. The lowest BCUT2D eigenvalue weighted by atomic mass is 10.1. The Morgan fingerprint density at radius 1 is 1.33 bits per heavy atom. The van der Waals surface area contributed by atoms with Crippen molar-refractivity contribution >= 4 is 5.78 Å². The summed E-state index contributed by atoms with van der Waals surface area (Å²) in [5.74, 6) is -0.526. The van der Waals surface area contributed by atoms with Crippen LogP contribution in [-0.2, 0) is 13.2 Å². The van der Waals surface area contributed by atoms with Crippen LogP contribution in [0.4, 0.5) is 13.2 Å². The molecule has 0 radical (unpaired) electrons. The van der Waals surface area contributed by atoms with Gasteiger partial charge in [-0.05, 0) is 12.1 Å². The van der Waals surface area contributed by atoms with E-state index >= 15 is 0 Å². The average Bonchev–Trinajstić information content (AvgIpc) is 2.74. The van der Waals surface area contributed by atoms with Crippen LogP contribution in [0.2, 0.25) is 0 Å². The topological polar surface area (TPSA) is 34.9 Å². The van der Waals surface area contributed by atoms with Crippen LogP contribution < -0.4 is 0 Å². The van der Waals surface area contributed by atoms with Gasteiger partial charge in [0.15, 0.2) is 0 Å². The van der Waals surface area contributed by atoms with Crippen LogP contribution in [-0.4, -0.2) is 15.3 Å². The Morgan fingerprint density at radius 3 is 2.61 bits per heavy atom. The third-order valence-corrected chi connectivity index (χ3v) is 2.39. The van der Waals surface area contributed by atoms with Gasteiger partial charge in [0.1, 0.15) is 5.69 Å². The third kappa shape index (κ3) is 2.42. The zero-order valence-electron chi connectivity index (χ0n) is 9.40. The van der Waals surface area contributed by atoms with Gasteiger partial charge in [0.2, 0.25) is 5.78 Å². The largest absolute Gasteiger partial charge is 0.416 e. The fourth-order valence-corrected chi connectivity index (χ4v) is 1.51. The first-order valence-electron chi connectivity index (χ1n) is 5.08. The molecule has 1 heterocycles. The fourth-order valence-electron chi connectivity index (χ4n) is 1.51. The monoisotopic (exact) mass is 254 g/mol. The predicted molar refractivity (Wildman–Crippen MR) is 58.1 cm³/mol. The molecule has 0 aliphatic heterocycles. The standard InChI is InChI=1S/C12H9F3N2O/c1-17-6-10(16-7-17)11(18)8-3-2-4-9(5-8)12(13,14)15/h2-7H,1H3. The Kier molecular flexibility index (Phi) is 2.94. The highest BCUT2D eigenvalue weighted by atomic mass is 19.4. The van der Waals surface area contributed by atoms with Crippen LogP contribution in [0.1, 0.15) is 21.6 Å². The van der Waals surface area contributed by atoms with Crippen molar-refractivity contribution in [3.63, 3.8) is 0 Å². The zero-order valence-corrected chi connectivity index (χ0v) is 9.40. The van der Waals surface area contributed by atoms with E-state index in [1.54, 1.807) is 11.6 Å². The van der Waals surface area contributed by atoms with Gasteiger partial charge in [0.25, 0.3) is 0 Å². The number of hydrogen-bond donors (Lipinski definition) is 0. The molecule has 2 aromatic rings. The number of hydrogen-bond acceptors (Lipinski definition) is 2. The maximum Gasteiger partial charge on any atom is 0.416 e. The summed E-state index contributed by atoms with van der Waals surface area (Å²) in [7, 11) is 1.68. The van der Waals surface area contributed by atoms with Crippen molar-refractivity contribution in [1.29, 1.82) is 0 Å². The molecule has 0 saturated carbocycles. The Balaban J connectivity index is 2.37. The number of carbonyl (C=O) groups is 1. The summed E-state index contributed by atoms with van der Waals surface area (Å²) in [5, 5.41) is 0. The molecular weight excluding hydrogens is 245 g/mol. The molecule has 3 nitrogen and oxygen atoms in total. The van der Waals surface area contributed by atoms with Gasteiger partial charge < -0.3 is 4.57 Å². The van der Waals surface area contributed by atoms with Crippen molar-refractivity contribution in [3.8, 4) is 0 Å². The molecule has 0 unspecified atom stereocenters. The molecule has 1 aromatic carbocycles. The number of aryl methyl sites for hydroxylation is 1. The van der Waals surface area contributed by atoms with E-state index in [-0.39, 0.29) is 11.3 Å². The fraction of sp³-hybridized carbons (Fsp3) is 0.167. The Bertz CT molecular complexity index is 587. The van der Waals surface area contributed by atoms with Crippen LogP contribution in [0.5, 0.6) is 0 Å². The first-order valence-corrected chi connectivity index (χ1v) is 5.08. The lowest BCUT2D eigenvalue weighted by molar-refractivity contribution is -0.137. The SMILES string of the molecule is Cn1cnc(C(=O)c2cccc(C(F)(F)F)c2)c1. The molecule has 6 heteroatoms. The molecule has 0 N–H and O–H groups in total. The number of rotatable bonds is 2. The summed E-state index contributed by atoms with van der Waals surface area (Å²) in [6.07, 6.45) is -1.58. The Hall–Kier alpha value is -2.11. The number of carbonyl (C=O) groups excluding carboxylic acids is 1. The Labute approximate surface area is 101 Å². The van der Waals surface area contributed by atoms with Crippen LogP contribution in [0.25, 0.3) is 0 Å². The smallest absolute Gasteiger partial charge is 0.340 e. The summed E-state index contributed by atoms with van der Waals surface area (Å²) in [6, 6.07) is 4.30. The molecule has 2 rings (SSSR count). The molecule has 1 aromatic heterocycles. The van der Waals surface area contributed by atoms with E-state index in [0.29, 0.717) is 0 Å². The van der Waals surface area contributed by atoms with E-state index in [1.165, 1.54) is 24.7 Å².